The highest BCUT2D eigenvalue weighted by atomic mass is 35.5. The van der Waals surface area contributed by atoms with E-state index in [2.05, 4.69) is 5.32 Å². The van der Waals surface area contributed by atoms with E-state index < -0.39 is 11.8 Å². The lowest BCUT2D eigenvalue weighted by Crippen LogP contribution is -2.30. The van der Waals surface area contributed by atoms with Crippen molar-refractivity contribution in [2.45, 2.75) is 6.92 Å². The predicted octanol–water partition coefficient (Wildman–Crippen LogP) is 4.47. The van der Waals surface area contributed by atoms with Crippen LogP contribution in [0.25, 0.3) is 0 Å². The standard InChI is InChI=1S/C23H17ClN2O4/c1-14-11-16(25-21(27)13-30-17-5-3-2-4-6-17)8-10-20(14)26-22(28)18-9-7-15(24)12-19(18)23(26)29/h2-12H,13H2,1H3,(H,25,27). The molecule has 1 aliphatic heterocycles. The summed E-state index contributed by atoms with van der Waals surface area (Å²) >= 11 is 5.96. The van der Waals surface area contributed by atoms with Gasteiger partial charge < -0.3 is 10.1 Å². The summed E-state index contributed by atoms with van der Waals surface area (Å²) in [4.78, 5) is 38.8. The van der Waals surface area contributed by atoms with Crippen LogP contribution in [0.1, 0.15) is 26.3 Å². The molecular weight excluding hydrogens is 404 g/mol. The number of carbonyl (C=O) groups excluding carboxylic acids is 3. The van der Waals surface area contributed by atoms with Gasteiger partial charge in [0.1, 0.15) is 5.75 Å². The Morgan fingerprint density at radius 1 is 0.967 bits per heavy atom. The SMILES string of the molecule is Cc1cc(NC(=O)COc2ccccc2)ccc1N1C(=O)c2ccc(Cl)cc2C1=O. The molecule has 6 nitrogen and oxygen atoms in total. The third-order valence-electron chi connectivity index (χ3n) is 4.68. The van der Waals surface area contributed by atoms with Crippen LogP contribution in [0.3, 0.4) is 0 Å². The number of rotatable bonds is 5. The summed E-state index contributed by atoms with van der Waals surface area (Å²) in [7, 11) is 0. The van der Waals surface area contributed by atoms with Crippen LogP contribution < -0.4 is 15.0 Å². The summed E-state index contributed by atoms with van der Waals surface area (Å²) in [6.45, 7) is 1.63. The zero-order chi connectivity index (χ0) is 21.3. The molecule has 3 aromatic rings. The van der Waals surface area contributed by atoms with Crippen molar-refractivity contribution in [3.05, 3.63) is 88.4 Å². The molecule has 0 fully saturated rings. The lowest BCUT2D eigenvalue weighted by Gasteiger charge is -2.17. The van der Waals surface area contributed by atoms with E-state index in [1.807, 2.05) is 18.2 Å². The van der Waals surface area contributed by atoms with Gasteiger partial charge in [-0.25, -0.2) is 4.90 Å². The van der Waals surface area contributed by atoms with Crippen molar-refractivity contribution in [1.29, 1.82) is 0 Å². The van der Waals surface area contributed by atoms with Crippen LogP contribution in [0.4, 0.5) is 11.4 Å². The van der Waals surface area contributed by atoms with Gasteiger partial charge in [0, 0.05) is 10.7 Å². The van der Waals surface area contributed by atoms with Gasteiger partial charge >= 0.3 is 0 Å². The Labute approximate surface area is 178 Å². The molecule has 30 heavy (non-hydrogen) atoms. The minimum atomic E-state index is -0.423. The average Bonchev–Trinajstić information content (AvgIpc) is 2.97. The van der Waals surface area contributed by atoms with Crippen molar-refractivity contribution in [3.63, 3.8) is 0 Å². The molecule has 0 aromatic heterocycles. The molecule has 150 valence electrons. The summed E-state index contributed by atoms with van der Waals surface area (Å²) in [6, 6.07) is 18.6. The topological polar surface area (TPSA) is 75.7 Å². The summed E-state index contributed by atoms with van der Waals surface area (Å²) < 4.78 is 5.43. The van der Waals surface area contributed by atoms with E-state index in [1.165, 1.54) is 6.07 Å². The third kappa shape index (κ3) is 3.77. The Hall–Kier alpha value is -3.64. The monoisotopic (exact) mass is 420 g/mol. The molecule has 1 heterocycles. The normalized spacial score (nSPS) is 12.7. The van der Waals surface area contributed by atoms with Gasteiger partial charge in [0.05, 0.1) is 16.8 Å². The first-order chi connectivity index (χ1) is 14.4. The Balaban J connectivity index is 1.48. The number of ether oxygens (including phenoxy) is 1. The number of para-hydroxylation sites is 1. The van der Waals surface area contributed by atoms with E-state index in [1.54, 1.807) is 49.4 Å². The maximum Gasteiger partial charge on any atom is 0.266 e. The Bertz CT molecular complexity index is 1160. The molecule has 3 amide bonds. The Morgan fingerprint density at radius 2 is 1.70 bits per heavy atom. The number of hydrogen-bond acceptors (Lipinski definition) is 4. The van der Waals surface area contributed by atoms with Crippen LogP contribution in [0, 0.1) is 6.92 Å². The number of halogens is 1. The maximum atomic E-state index is 12.8. The minimum absolute atomic E-state index is 0.135. The molecule has 3 aromatic carbocycles. The maximum absolute atomic E-state index is 12.8. The van der Waals surface area contributed by atoms with E-state index in [4.69, 9.17) is 16.3 Å². The number of benzene rings is 3. The number of fused-ring (bicyclic) bond motifs is 1. The number of nitrogens with one attached hydrogen (secondary N) is 1. The van der Waals surface area contributed by atoms with Crippen LogP contribution in [0.2, 0.25) is 5.02 Å². The molecule has 0 atom stereocenters. The Kier molecular flexibility index (Phi) is 5.25. The van der Waals surface area contributed by atoms with E-state index in [0.717, 1.165) is 4.90 Å². The van der Waals surface area contributed by atoms with Gasteiger partial charge in [-0.3, -0.25) is 14.4 Å². The van der Waals surface area contributed by atoms with E-state index in [-0.39, 0.29) is 18.1 Å². The second-order valence-electron chi connectivity index (χ2n) is 6.79. The van der Waals surface area contributed by atoms with Crippen LogP contribution in [-0.2, 0) is 4.79 Å². The average molecular weight is 421 g/mol. The summed E-state index contributed by atoms with van der Waals surface area (Å²) in [6.07, 6.45) is 0. The second kappa shape index (κ2) is 8.00. The zero-order valence-corrected chi connectivity index (χ0v) is 16.8. The van der Waals surface area contributed by atoms with Crippen LogP contribution >= 0.6 is 11.6 Å². The molecule has 0 spiro atoms. The number of hydrogen-bond donors (Lipinski definition) is 1. The summed E-state index contributed by atoms with van der Waals surface area (Å²) in [5, 5.41) is 3.14. The molecule has 0 radical (unpaired) electrons. The van der Waals surface area contributed by atoms with Gasteiger partial charge in [-0.05, 0) is 61.0 Å². The van der Waals surface area contributed by atoms with Crippen molar-refractivity contribution in [1.82, 2.24) is 0 Å². The number of imide groups is 1. The first-order valence-electron chi connectivity index (χ1n) is 9.21. The van der Waals surface area contributed by atoms with Gasteiger partial charge in [0.2, 0.25) is 0 Å². The summed E-state index contributed by atoms with van der Waals surface area (Å²) in [5.41, 5.74) is 2.26. The molecule has 1 N–H and O–H groups in total. The number of nitrogens with zero attached hydrogens (tertiary/aromatic N) is 1. The summed E-state index contributed by atoms with van der Waals surface area (Å²) in [5.74, 6) is -0.539. The first-order valence-corrected chi connectivity index (χ1v) is 9.58. The van der Waals surface area contributed by atoms with Crippen molar-refractivity contribution in [2.24, 2.45) is 0 Å². The molecule has 7 heteroatoms. The quantitative estimate of drug-likeness (QED) is 0.618. The van der Waals surface area contributed by atoms with Gasteiger partial charge in [0.15, 0.2) is 6.61 Å². The fourth-order valence-electron chi connectivity index (χ4n) is 3.28. The second-order valence-corrected chi connectivity index (χ2v) is 7.22. The molecule has 0 aliphatic carbocycles. The molecule has 0 saturated carbocycles. The number of amides is 3. The van der Waals surface area contributed by atoms with Gasteiger partial charge in [-0.2, -0.15) is 0 Å². The van der Waals surface area contributed by atoms with Crippen molar-refractivity contribution in [3.8, 4) is 5.75 Å². The number of aryl methyl sites for hydroxylation is 1. The highest BCUT2D eigenvalue weighted by Crippen LogP contribution is 2.33. The highest BCUT2D eigenvalue weighted by Gasteiger charge is 2.37. The van der Waals surface area contributed by atoms with Gasteiger partial charge in [0.25, 0.3) is 17.7 Å². The molecular formula is C23H17ClN2O4. The van der Waals surface area contributed by atoms with Crippen LogP contribution in [-0.4, -0.2) is 24.3 Å². The minimum Gasteiger partial charge on any atom is -0.484 e. The van der Waals surface area contributed by atoms with E-state index >= 15 is 0 Å². The van der Waals surface area contributed by atoms with Crippen molar-refractivity contribution < 1.29 is 19.1 Å². The molecule has 0 saturated heterocycles. The first kappa shape index (κ1) is 19.7. The molecule has 1 aliphatic rings. The lowest BCUT2D eigenvalue weighted by molar-refractivity contribution is -0.118. The zero-order valence-electron chi connectivity index (χ0n) is 16.0. The number of anilines is 2. The van der Waals surface area contributed by atoms with E-state index in [0.29, 0.717) is 33.3 Å². The van der Waals surface area contributed by atoms with Crippen LogP contribution in [0.5, 0.6) is 5.75 Å². The lowest BCUT2D eigenvalue weighted by atomic mass is 10.1. The largest absolute Gasteiger partial charge is 0.484 e. The van der Waals surface area contributed by atoms with Crippen molar-refractivity contribution >= 4 is 40.7 Å². The highest BCUT2D eigenvalue weighted by molar-refractivity contribution is 6.36. The predicted molar refractivity (Wildman–Crippen MR) is 114 cm³/mol. The Morgan fingerprint density at radius 3 is 2.43 bits per heavy atom. The third-order valence-corrected chi connectivity index (χ3v) is 4.92. The molecule has 4 rings (SSSR count). The fraction of sp³-hybridized carbons (Fsp3) is 0.0870. The van der Waals surface area contributed by atoms with Crippen LogP contribution in [0.15, 0.2) is 66.7 Å². The van der Waals surface area contributed by atoms with Crippen molar-refractivity contribution in [2.75, 3.05) is 16.8 Å². The number of carbonyl (C=O) groups is 3. The van der Waals surface area contributed by atoms with E-state index in [9.17, 15) is 14.4 Å². The van der Waals surface area contributed by atoms with Gasteiger partial charge in [-0.15, -0.1) is 0 Å². The smallest absolute Gasteiger partial charge is 0.266 e. The van der Waals surface area contributed by atoms with Gasteiger partial charge in [-0.1, -0.05) is 29.8 Å². The molecule has 0 bridgehead atoms. The molecule has 0 unspecified atom stereocenters. The fourth-order valence-corrected chi connectivity index (χ4v) is 3.45.